The summed E-state index contributed by atoms with van der Waals surface area (Å²) in [5.41, 5.74) is -0.486. The monoisotopic (exact) mass is 255 g/mol. The summed E-state index contributed by atoms with van der Waals surface area (Å²) in [6.45, 7) is 5.00. The van der Waals surface area contributed by atoms with Gasteiger partial charge in [-0.1, -0.05) is 0 Å². The van der Waals surface area contributed by atoms with Crippen LogP contribution >= 0.6 is 0 Å². The molecule has 0 aliphatic rings. The van der Waals surface area contributed by atoms with Gasteiger partial charge in [-0.05, 0) is 39.0 Å². The average Bonchev–Trinajstić information content (AvgIpc) is 2.28. The number of aliphatic hydroxyl groups is 1. The molecule has 1 atom stereocenters. The first kappa shape index (κ1) is 14.4. The molecule has 1 amide bonds. The van der Waals surface area contributed by atoms with E-state index in [1.54, 1.807) is 20.8 Å². The number of rotatable bonds is 4. The zero-order valence-corrected chi connectivity index (χ0v) is 11.0. The molecule has 1 aromatic rings. The maximum Gasteiger partial charge on any atom is 0.251 e. The molecule has 5 heteroatoms. The van der Waals surface area contributed by atoms with Crippen LogP contribution in [0.15, 0.2) is 18.2 Å². The number of amides is 1. The molecule has 18 heavy (non-hydrogen) atoms. The number of carbonyl (C=O) groups is 1. The smallest absolute Gasteiger partial charge is 0.251 e. The number of ether oxygens (including phenoxy) is 1. The van der Waals surface area contributed by atoms with Gasteiger partial charge in [-0.2, -0.15) is 0 Å². The van der Waals surface area contributed by atoms with E-state index in [9.17, 15) is 14.3 Å². The largest absolute Gasteiger partial charge is 0.494 e. The van der Waals surface area contributed by atoms with Gasteiger partial charge in [0, 0.05) is 5.56 Å². The van der Waals surface area contributed by atoms with Crippen LogP contribution in [0.1, 0.15) is 31.1 Å². The molecule has 0 bridgehead atoms. The van der Waals surface area contributed by atoms with E-state index in [1.165, 1.54) is 25.3 Å². The van der Waals surface area contributed by atoms with Gasteiger partial charge in [0.2, 0.25) is 0 Å². The highest BCUT2D eigenvalue weighted by molar-refractivity contribution is 5.95. The lowest BCUT2D eigenvalue weighted by molar-refractivity contribution is 0.0709. The van der Waals surface area contributed by atoms with E-state index in [0.29, 0.717) is 0 Å². The standard InChI is InChI=1S/C13H18FNO3/c1-8(16)13(2,3)15-12(17)9-5-6-10(14)11(7-9)18-4/h5-8,16H,1-4H3,(H,15,17). The maximum atomic E-state index is 13.2. The lowest BCUT2D eigenvalue weighted by Gasteiger charge is -2.29. The molecule has 0 heterocycles. The molecule has 1 rings (SSSR count). The van der Waals surface area contributed by atoms with Crippen LogP contribution in [0, 0.1) is 5.82 Å². The fourth-order valence-electron chi connectivity index (χ4n) is 1.27. The normalized spacial score (nSPS) is 13.0. The third-order valence-electron chi connectivity index (χ3n) is 2.89. The average molecular weight is 255 g/mol. The molecule has 0 saturated heterocycles. The predicted octanol–water partition coefficient (Wildman–Crippen LogP) is 1.72. The SMILES string of the molecule is COc1cc(C(=O)NC(C)(C)C(C)O)ccc1F. The number of hydrogen-bond acceptors (Lipinski definition) is 3. The molecule has 0 aliphatic heterocycles. The molecule has 1 aromatic carbocycles. The highest BCUT2D eigenvalue weighted by Gasteiger charge is 2.26. The van der Waals surface area contributed by atoms with Crippen molar-refractivity contribution in [3.05, 3.63) is 29.6 Å². The van der Waals surface area contributed by atoms with E-state index < -0.39 is 17.5 Å². The Morgan fingerprint density at radius 3 is 2.61 bits per heavy atom. The summed E-state index contributed by atoms with van der Waals surface area (Å²) in [6, 6.07) is 3.86. The van der Waals surface area contributed by atoms with Crippen molar-refractivity contribution in [2.75, 3.05) is 7.11 Å². The fourth-order valence-corrected chi connectivity index (χ4v) is 1.27. The first-order valence-electron chi connectivity index (χ1n) is 5.62. The first-order valence-corrected chi connectivity index (χ1v) is 5.62. The Balaban J connectivity index is 2.92. The minimum absolute atomic E-state index is 0.0116. The Bertz CT molecular complexity index is 444. The van der Waals surface area contributed by atoms with Crippen molar-refractivity contribution < 1.29 is 19.0 Å². The van der Waals surface area contributed by atoms with Gasteiger partial charge >= 0.3 is 0 Å². The second kappa shape index (κ2) is 5.35. The molecule has 1 unspecified atom stereocenters. The van der Waals surface area contributed by atoms with Crippen LogP contribution in [-0.2, 0) is 0 Å². The minimum Gasteiger partial charge on any atom is -0.494 e. The topological polar surface area (TPSA) is 58.6 Å². The first-order chi connectivity index (χ1) is 8.27. The zero-order valence-electron chi connectivity index (χ0n) is 11.0. The number of benzene rings is 1. The number of nitrogens with one attached hydrogen (secondary N) is 1. The van der Waals surface area contributed by atoms with Crippen molar-refractivity contribution in [1.82, 2.24) is 5.32 Å². The van der Waals surface area contributed by atoms with Gasteiger partial charge in [0.05, 0.1) is 18.8 Å². The molecule has 0 spiro atoms. The number of hydrogen-bond donors (Lipinski definition) is 2. The Morgan fingerprint density at radius 1 is 1.50 bits per heavy atom. The zero-order chi connectivity index (χ0) is 13.9. The molecular weight excluding hydrogens is 237 g/mol. The Labute approximate surface area is 106 Å². The molecule has 0 saturated carbocycles. The van der Waals surface area contributed by atoms with Gasteiger partial charge in [0.1, 0.15) is 0 Å². The van der Waals surface area contributed by atoms with Gasteiger partial charge in [0.15, 0.2) is 11.6 Å². The Hall–Kier alpha value is -1.62. The van der Waals surface area contributed by atoms with Crippen molar-refractivity contribution in [3.8, 4) is 5.75 Å². The van der Waals surface area contributed by atoms with E-state index in [2.05, 4.69) is 5.32 Å². The summed E-state index contributed by atoms with van der Waals surface area (Å²) >= 11 is 0. The molecule has 4 nitrogen and oxygen atoms in total. The number of carbonyl (C=O) groups excluding carboxylic acids is 1. The van der Waals surface area contributed by atoms with E-state index in [1.807, 2.05) is 0 Å². The van der Waals surface area contributed by atoms with Crippen LogP contribution in [0.2, 0.25) is 0 Å². The Kier molecular flexibility index (Phi) is 4.29. The lowest BCUT2D eigenvalue weighted by Crippen LogP contribution is -2.50. The van der Waals surface area contributed by atoms with Gasteiger partial charge in [-0.3, -0.25) is 4.79 Å². The summed E-state index contributed by atoms with van der Waals surface area (Å²) in [5.74, 6) is -0.902. The van der Waals surface area contributed by atoms with Crippen molar-refractivity contribution in [1.29, 1.82) is 0 Å². The second-order valence-electron chi connectivity index (χ2n) is 4.70. The van der Waals surface area contributed by atoms with Crippen LogP contribution in [-0.4, -0.2) is 29.8 Å². The fraction of sp³-hybridized carbons (Fsp3) is 0.462. The summed E-state index contributed by atoms with van der Waals surface area (Å²) in [7, 11) is 1.33. The summed E-state index contributed by atoms with van der Waals surface area (Å²) < 4.78 is 18.0. The molecule has 0 radical (unpaired) electrons. The van der Waals surface area contributed by atoms with Crippen LogP contribution in [0.5, 0.6) is 5.75 Å². The van der Waals surface area contributed by atoms with Gasteiger partial charge in [0.25, 0.3) is 5.91 Å². The molecule has 0 aromatic heterocycles. The minimum atomic E-state index is -0.765. The van der Waals surface area contributed by atoms with Gasteiger partial charge < -0.3 is 15.2 Å². The van der Waals surface area contributed by atoms with Gasteiger partial charge in [-0.25, -0.2) is 4.39 Å². The highest BCUT2D eigenvalue weighted by Crippen LogP contribution is 2.19. The lowest BCUT2D eigenvalue weighted by atomic mass is 9.98. The summed E-state index contributed by atoms with van der Waals surface area (Å²) in [5, 5.41) is 12.2. The van der Waals surface area contributed by atoms with E-state index >= 15 is 0 Å². The molecular formula is C13H18FNO3. The maximum absolute atomic E-state index is 13.2. The van der Waals surface area contributed by atoms with Gasteiger partial charge in [-0.15, -0.1) is 0 Å². The third kappa shape index (κ3) is 3.20. The van der Waals surface area contributed by atoms with Crippen molar-refractivity contribution in [2.45, 2.75) is 32.4 Å². The highest BCUT2D eigenvalue weighted by atomic mass is 19.1. The summed E-state index contributed by atoms with van der Waals surface area (Å²) in [4.78, 5) is 11.9. The number of halogens is 1. The molecule has 0 aliphatic carbocycles. The van der Waals surface area contributed by atoms with E-state index in [-0.39, 0.29) is 17.2 Å². The van der Waals surface area contributed by atoms with Crippen molar-refractivity contribution in [3.63, 3.8) is 0 Å². The van der Waals surface area contributed by atoms with E-state index in [4.69, 9.17) is 4.74 Å². The molecule has 2 N–H and O–H groups in total. The van der Waals surface area contributed by atoms with Crippen LogP contribution < -0.4 is 10.1 Å². The number of methoxy groups -OCH3 is 1. The van der Waals surface area contributed by atoms with Crippen LogP contribution in [0.4, 0.5) is 4.39 Å². The molecule has 100 valence electrons. The molecule has 0 fully saturated rings. The Morgan fingerprint density at radius 2 is 2.11 bits per heavy atom. The van der Waals surface area contributed by atoms with Crippen molar-refractivity contribution >= 4 is 5.91 Å². The van der Waals surface area contributed by atoms with Crippen molar-refractivity contribution in [2.24, 2.45) is 0 Å². The summed E-state index contributed by atoms with van der Waals surface area (Å²) in [6.07, 6.45) is -0.705. The van der Waals surface area contributed by atoms with E-state index in [0.717, 1.165) is 0 Å². The van der Waals surface area contributed by atoms with Crippen LogP contribution in [0.25, 0.3) is 0 Å². The number of aliphatic hydroxyl groups excluding tert-OH is 1. The van der Waals surface area contributed by atoms with Crippen LogP contribution in [0.3, 0.4) is 0 Å². The third-order valence-corrected chi connectivity index (χ3v) is 2.89. The second-order valence-corrected chi connectivity index (χ2v) is 4.70. The quantitative estimate of drug-likeness (QED) is 0.861. The predicted molar refractivity (Wildman–Crippen MR) is 66.2 cm³/mol.